The van der Waals surface area contributed by atoms with Gasteiger partial charge >= 0.3 is 5.97 Å². The van der Waals surface area contributed by atoms with E-state index in [2.05, 4.69) is 16.3 Å². The van der Waals surface area contributed by atoms with E-state index < -0.39 is 18.1 Å². The molecule has 296 valence electrons. The summed E-state index contributed by atoms with van der Waals surface area (Å²) in [5.74, 6) is 0.462. The van der Waals surface area contributed by atoms with E-state index in [1.807, 2.05) is 109 Å². The molecule has 0 saturated heterocycles. The fourth-order valence-electron chi connectivity index (χ4n) is 7.46. The van der Waals surface area contributed by atoms with Gasteiger partial charge in [-0.05, 0) is 99.5 Å². The van der Waals surface area contributed by atoms with Crippen molar-refractivity contribution in [2.75, 3.05) is 6.61 Å². The molecule has 6 aromatic carbocycles. The molecule has 1 amide bonds. The van der Waals surface area contributed by atoms with Gasteiger partial charge in [-0.2, -0.15) is 5.26 Å². The van der Waals surface area contributed by atoms with Crippen molar-refractivity contribution in [3.8, 4) is 34.4 Å². The Balaban J connectivity index is 0.955. The second-order valence-electron chi connectivity index (χ2n) is 14.7. The third kappa shape index (κ3) is 9.37. The molecule has 0 aromatic heterocycles. The van der Waals surface area contributed by atoms with E-state index in [4.69, 9.17) is 42.7 Å². The SMILES string of the molecule is N#Cc1ccc(-c2ccc(C[C@H](NC(=O)C3Cc4cc5c(cc4CN3Cc3ccccc3)O[C@@H](c3ccc(OCc4ccc(Cl)c(Cl)c4)cc3)CO5)C(=O)O)cc2)cc1. The Morgan fingerprint density at radius 1 is 0.814 bits per heavy atom. The molecule has 2 heterocycles. The van der Waals surface area contributed by atoms with Gasteiger partial charge in [0.1, 0.15) is 25.0 Å². The summed E-state index contributed by atoms with van der Waals surface area (Å²) in [6, 6.07) is 42.2. The van der Waals surface area contributed by atoms with Crippen LogP contribution in [0.15, 0.2) is 133 Å². The zero-order valence-electron chi connectivity index (χ0n) is 31.8. The van der Waals surface area contributed by atoms with Crippen LogP contribution in [0.2, 0.25) is 10.0 Å². The minimum absolute atomic E-state index is 0.116. The Kier molecular flexibility index (Phi) is 11.8. The number of amides is 1. The summed E-state index contributed by atoms with van der Waals surface area (Å²) in [4.78, 5) is 28.8. The number of hydrogen-bond donors (Lipinski definition) is 2. The average molecular weight is 825 g/mol. The minimum atomic E-state index is -1.14. The number of aliphatic carboxylic acids is 1. The first-order valence-corrected chi connectivity index (χ1v) is 20.0. The van der Waals surface area contributed by atoms with Crippen LogP contribution in [0.5, 0.6) is 17.2 Å². The van der Waals surface area contributed by atoms with Gasteiger partial charge in [-0.25, -0.2) is 4.79 Å². The van der Waals surface area contributed by atoms with Crippen LogP contribution in [0.3, 0.4) is 0 Å². The van der Waals surface area contributed by atoms with Crippen molar-refractivity contribution in [3.63, 3.8) is 0 Å². The number of hydrogen-bond acceptors (Lipinski definition) is 7. The van der Waals surface area contributed by atoms with Crippen LogP contribution in [0.25, 0.3) is 11.1 Å². The number of nitriles is 1. The van der Waals surface area contributed by atoms with Crippen LogP contribution in [-0.4, -0.2) is 40.6 Å². The maximum absolute atomic E-state index is 14.1. The Morgan fingerprint density at radius 2 is 1.51 bits per heavy atom. The molecule has 2 N–H and O–H groups in total. The molecule has 3 atom stereocenters. The summed E-state index contributed by atoms with van der Waals surface area (Å²) < 4.78 is 18.7. The molecule has 2 aliphatic rings. The topological polar surface area (TPSA) is 121 Å². The van der Waals surface area contributed by atoms with Gasteiger partial charge in [0.05, 0.1) is 27.7 Å². The number of benzene rings is 6. The van der Waals surface area contributed by atoms with Crippen molar-refractivity contribution >= 4 is 35.1 Å². The van der Waals surface area contributed by atoms with Gasteiger partial charge in [0, 0.05) is 19.5 Å². The van der Waals surface area contributed by atoms with Crippen LogP contribution in [-0.2, 0) is 42.1 Å². The number of halogens is 2. The zero-order valence-corrected chi connectivity index (χ0v) is 33.3. The lowest BCUT2D eigenvalue weighted by molar-refractivity contribution is -0.142. The first-order valence-electron chi connectivity index (χ1n) is 19.2. The van der Waals surface area contributed by atoms with Gasteiger partial charge < -0.3 is 24.6 Å². The maximum atomic E-state index is 14.1. The zero-order chi connectivity index (χ0) is 40.9. The normalized spacial score (nSPS) is 16.3. The summed E-state index contributed by atoms with van der Waals surface area (Å²) >= 11 is 12.2. The van der Waals surface area contributed by atoms with E-state index in [9.17, 15) is 14.7 Å². The minimum Gasteiger partial charge on any atom is -0.489 e. The van der Waals surface area contributed by atoms with Gasteiger partial charge in [0.2, 0.25) is 5.91 Å². The van der Waals surface area contributed by atoms with E-state index in [1.54, 1.807) is 24.3 Å². The largest absolute Gasteiger partial charge is 0.489 e. The van der Waals surface area contributed by atoms with Gasteiger partial charge in [-0.1, -0.05) is 108 Å². The second-order valence-corrected chi connectivity index (χ2v) is 15.5. The molecule has 0 spiro atoms. The van der Waals surface area contributed by atoms with Crippen molar-refractivity contribution in [3.05, 3.63) is 182 Å². The predicted octanol–water partition coefficient (Wildman–Crippen LogP) is 9.36. The van der Waals surface area contributed by atoms with Crippen LogP contribution in [0.1, 0.15) is 45.0 Å². The predicted molar refractivity (Wildman–Crippen MR) is 226 cm³/mol. The molecule has 9 nitrogen and oxygen atoms in total. The lowest BCUT2D eigenvalue weighted by Gasteiger charge is -2.37. The molecule has 0 saturated carbocycles. The fourth-order valence-corrected chi connectivity index (χ4v) is 7.78. The number of rotatable bonds is 12. The summed E-state index contributed by atoms with van der Waals surface area (Å²) in [6.07, 6.45) is 0.140. The lowest BCUT2D eigenvalue weighted by Crippen LogP contribution is -2.54. The highest BCUT2D eigenvalue weighted by molar-refractivity contribution is 6.42. The smallest absolute Gasteiger partial charge is 0.326 e. The number of ether oxygens (including phenoxy) is 3. The van der Waals surface area contributed by atoms with E-state index in [0.717, 1.165) is 44.5 Å². The molecule has 0 bridgehead atoms. The fraction of sp³-hybridized carbons (Fsp3) is 0.188. The number of fused-ring (bicyclic) bond motifs is 2. The number of carbonyl (C=O) groups is 2. The molecule has 6 aromatic rings. The first kappa shape index (κ1) is 39.5. The number of nitrogens with one attached hydrogen (secondary N) is 1. The summed E-state index contributed by atoms with van der Waals surface area (Å²) in [5, 5.41) is 23.2. The molecule has 0 radical (unpaired) electrons. The van der Waals surface area contributed by atoms with Crippen molar-refractivity contribution in [2.45, 2.75) is 50.7 Å². The Labute approximate surface area is 352 Å². The molecule has 59 heavy (non-hydrogen) atoms. The van der Waals surface area contributed by atoms with Gasteiger partial charge in [0.15, 0.2) is 17.6 Å². The highest BCUT2D eigenvalue weighted by atomic mass is 35.5. The molecular formula is C48H39Cl2N3O6. The Bertz CT molecular complexity index is 2510. The average Bonchev–Trinajstić information content (AvgIpc) is 3.26. The van der Waals surface area contributed by atoms with Crippen LogP contribution in [0.4, 0.5) is 0 Å². The molecule has 2 aliphatic heterocycles. The van der Waals surface area contributed by atoms with Gasteiger partial charge in [-0.3, -0.25) is 9.69 Å². The summed E-state index contributed by atoms with van der Waals surface area (Å²) in [6.45, 7) is 1.58. The van der Waals surface area contributed by atoms with Crippen LogP contribution in [0, 0.1) is 11.3 Å². The van der Waals surface area contributed by atoms with E-state index in [-0.39, 0.29) is 18.4 Å². The quantitative estimate of drug-likeness (QED) is 0.125. The highest BCUT2D eigenvalue weighted by Crippen LogP contribution is 2.41. The molecular weight excluding hydrogens is 785 g/mol. The lowest BCUT2D eigenvalue weighted by atomic mass is 9.91. The Morgan fingerprint density at radius 3 is 2.20 bits per heavy atom. The van der Waals surface area contributed by atoms with Crippen LogP contribution >= 0.6 is 23.2 Å². The molecule has 11 heteroatoms. The van der Waals surface area contributed by atoms with Crippen molar-refractivity contribution in [1.82, 2.24) is 10.2 Å². The molecule has 0 fully saturated rings. The number of carboxylic acids is 1. The number of carboxylic acid groups (broad SMARTS) is 1. The monoisotopic (exact) mass is 823 g/mol. The van der Waals surface area contributed by atoms with Gasteiger partial charge in [-0.15, -0.1) is 0 Å². The second kappa shape index (κ2) is 17.7. The van der Waals surface area contributed by atoms with Crippen molar-refractivity contribution in [2.24, 2.45) is 0 Å². The number of carbonyl (C=O) groups excluding carboxylic acids is 1. The van der Waals surface area contributed by atoms with Gasteiger partial charge in [0.25, 0.3) is 0 Å². The molecule has 1 unspecified atom stereocenters. The first-order chi connectivity index (χ1) is 28.7. The molecule has 0 aliphatic carbocycles. The summed E-state index contributed by atoms with van der Waals surface area (Å²) in [5.41, 5.74) is 8.08. The third-order valence-electron chi connectivity index (χ3n) is 10.7. The van der Waals surface area contributed by atoms with Crippen molar-refractivity contribution in [1.29, 1.82) is 5.26 Å². The summed E-state index contributed by atoms with van der Waals surface area (Å²) in [7, 11) is 0. The van der Waals surface area contributed by atoms with E-state index >= 15 is 0 Å². The maximum Gasteiger partial charge on any atom is 0.326 e. The third-order valence-corrected chi connectivity index (χ3v) is 11.4. The number of nitrogens with zero attached hydrogens (tertiary/aromatic N) is 2. The van der Waals surface area contributed by atoms with Crippen LogP contribution < -0.4 is 19.5 Å². The Hall–Kier alpha value is -6.31. The van der Waals surface area contributed by atoms with E-state index in [0.29, 0.717) is 65.6 Å². The standard InChI is InChI=1S/C48H39Cl2N3O6/c49-40-19-10-33(20-41(40)50)28-57-39-17-15-36(16-18-39)46-29-58-44-23-37-22-43(53(26-32-4-2-1-3-5-32)27-38(37)24-45(44)59-46)47(54)52-42(48(55)56)21-30-6-11-34(12-7-30)35-13-8-31(25-51)9-14-35/h1-20,23-24,42-43,46H,21-22,26-29H2,(H,52,54)(H,55,56)/t42-,43?,46+/m0/s1. The highest BCUT2D eigenvalue weighted by Gasteiger charge is 2.36. The van der Waals surface area contributed by atoms with E-state index in [1.165, 1.54) is 0 Å². The molecule has 8 rings (SSSR count). The van der Waals surface area contributed by atoms with Crippen molar-refractivity contribution < 1.29 is 28.9 Å².